The number of hydrogen-bond donors (Lipinski definition) is 2. The van der Waals surface area contributed by atoms with Gasteiger partial charge in [-0.2, -0.15) is 0 Å². The van der Waals surface area contributed by atoms with Gasteiger partial charge in [0.25, 0.3) is 5.91 Å². The molecule has 5 heteroatoms. The summed E-state index contributed by atoms with van der Waals surface area (Å²) in [7, 11) is 0. The van der Waals surface area contributed by atoms with E-state index < -0.39 is 5.82 Å². The van der Waals surface area contributed by atoms with Crippen LogP contribution in [0.1, 0.15) is 43.0 Å². The van der Waals surface area contributed by atoms with Crippen LogP contribution in [0.4, 0.5) is 4.39 Å². The van der Waals surface area contributed by atoms with Crippen molar-refractivity contribution < 1.29 is 14.3 Å². The summed E-state index contributed by atoms with van der Waals surface area (Å²) in [5, 5.41) is 13.2. The van der Waals surface area contributed by atoms with E-state index >= 15 is 0 Å². The largest absolute Gasteiger partial charge is 0.507 e. The normalized spacial score (nSPS) is 17.9. The highest BCUT2D eigenvalue weighted by molar-refractivity contribution is 5.96. The molecular weight excluding hydrogens is 271 g/mol. The van der Waals surface area contributed by atoms with Gasteiger partial charge in [-0.1, -0.05) is 13.3 Å². The van der Waals surface area contributed by atoms with Gasteiger partial charge in [-0.25, -0.2) is 4.39 Å². The van der Waals surface area contributed by atoms with E-state index in [2.05, 4.69) is 12.2 Å². The first-order valence-corrected chi connectivity index (χ1v) is 7.63. The smallest absolute Gasteiger partial charge is 0.257 e. The molecule has 0 radical (unpaired) electrons. The number of phenols is 1. The Bertz CT molecular complexity index is 487. The molecule has 1 saturated heterocycles. The summed E-state index contributed by atoms with van der Waals surface area (Å²) >= 11 is 0. The molecule has 1 atom stereocenters. The van der Waals surface area contributed by atoms with Crippen molar-refractivity contribution in [3.05, 3.63) is 29.6 Å². The highest BCUT2D eigenvalue weighted by atomic mass is 19.1. The van der Waals surface area contributed by atoms with E-state index in [1.54, 1.807) is 4.90 Å². The van der Waals surface area contributed by atoms with Gasteiger partial charge in [-0.15, -0.1) is 0 Å². The molecule has 21 heavy (non-hydrogen) atoms. The maximum Gasteiger partial charge on any atom is 0.257 e. The molecule has 1 aromatic rings. The van der Waals surface area contributed by atoms with Crippen LogP contribution in [-0.4, -0.2) is 41.6 Å². The van der Waals surface area contributed by atoms with Crippen molar-refractivity contribution >= 4 is 5.91 Å². The zero-order valence-electron chi connectivity index (χ0n) is 12.4. The highest BCUT2D eigenvalue weighted by Gasteiger charge is 2.23. The SMILES string of the molecule is CCCCN(CC1CCCN1)C(=O)c1ccc(F)cc1O. The molecule has 1 unspecified atom stereocenters. The Kier molecular flexibility index (Phi) is 5.56. The number of aromatic hydroxyl groups is 1. The van der Waals surface area contributed by atoms with Crippen LogP contribution < -0.4 is 5.32 Å². The fourth-order valence-corrected chi connectivity index (χ4v) is 2.66. The lowest BCUT2D eigenvalue weighted by Crippen LogP contribution is -2.41. The van der Waals surface area contributed by atoms with E-state index in [1.807, 2.05) is 0 Å². The zero-order valence-corrected chi connectivity index (χ0v) is 12.4. The first kappa shape index (κ1) is 15.8. The third kappa shape index (κ3) is 4.17. The topological polar surface area (TPSA) is 52.6 Å². The maximum atomic E-state index is 13.0. The van der Waals surface area contributed by atoms with Gasteiger partial charge < -0.3 is 15.3 Å². The molecule has 116 valence electrons. The number of benzene rings is 1. The number of nitrogens with one attached hydrogen (secondary N) is 1. The van der Waals surface area contributed by atoms with E-state index in [1.165, 1.54) is 12.1 Å². The number of amides is 1. The molecule has 1 amide bonds. The molecule has 2 N–H and O–H groups in total. The van der Waals surface area contributed by atoms with E-state index in [-0.39, 0.29) is 17.2 Å². The van der Waals surface area contributed by atoms with Crippen LogP contribution in [-0.2, 0) is 0 Å². The van der Waals surface area contributed by atoms with Gasteiger partial charge in [0, 0.05) is 25.2 Å². The van der Waals surface area contributed by atoms with Crippen LogP contribution in [0.2, 0.25) is 0 Å². The van der Waals surface area contributed by atoms with Crippen molar-refractivity contribution in [2.45, 2.75) is 38.6 Å². The molecule has 1 aliphatic rings. The Balaban J connectivity index is 2.11. The van der Waals surface area contributed by atoms with Gasteiger partial charge in [-0.05, 0) is 37.9 Å². The van der Waals surface area contributed by atoms with Crippen LogP contribution in [0, 0.1) is 5.82 Å². The molecule has 1 heterocycles. The van der Waals surface area contributed by atoms with Gasteiger partial charge in [0.2, 0.25) is 0 Å². The van der Waals surface area contributed by atoms with Crippen molar-refractivity contribution in [3.8, 4) is 5.75 Å². The van der Waals surface area contributed by atoms with Crippen LogP contribution >= 0.6 is 0 Å². The molecule has 1 aromatic carbocycles. The summed E-state index contributed by atoms with van der Waals surface area (Å²) in [5.41, 5.74) is 0.172. The van der Waals surface area contributed by atoms with Gasteiger partial charge in [0.1, 0.15) is 11.6 Å². The van der Waals surface area contributed by atoms with Crippen molar-refractivity contribution in [3.63, 3.8) is 0 Å². The monoisotopic (exact) mass is 294 g/mol. The third-order valence-electron chi connectivity index (χ3n) is 3.86. The summed E-state index contributed by atoms with van der Waals surface area (Å²) in [4.78, 5) is 14.3. The fourth-order valence-electron chi connectivity index (χ4n) is 2.66. The number of halogens is 1. The van der Waals surface area contributed by atoms with Crippen molar-refractivity contribution in [2.24, 2.45) is 0 Å². The van der Waals surface area contributed by atoms with Crippen LogP contribution in [0.3, 0.4) is 0 Å². The van der Waals surface area contributed by atoms with Gasteiger partial charge in [-0.3, -0.25) is 4.79 Å². The lowest BCUT2D eigenvalue weighted by Gasteiger charge is -2.26. The Morgan fingerprint density at radius 3 is 2.95 bits per heavy atom. The Morgan fingerprint density at radius 1 is 1.52 bits per heavy atom. The molecule has 0 saturated carbocycles. The predicted octanol–water partition coefficient (Wildman–Crippen LogP) is 2.53. The van der Waals surface area contributed by atoms with E-state index in [0.29, 0.717) is 19.1 Å². The Hall–Kier alpha value is -1.62. The minimum Gasteiger partial charge on any atom is -0.507 e. The molecule has 0 aromatic heterocycles. The van der Waals surface area contributed by atoms with Crippen LogP contribution in [0.5, 0.6) is 5.75 Å². The second-order valence-electron chi connectivity index (χ2n) is 5.56. The first-order valence-electron chi connectivity index (χ1n) is 7.63. The molecule has 4 nitrogen and oxygen atoms in total. The second-order valence-corrected chi connectivity index (χ2v) is 5.56. The number of carbonyl (C=O) groups excluding carboxylic acids is 1. The summed E-state index contributed by atoms with van der Waals surface area (Å²) in [6.07, 6.45) is 4.10. The molecule has 0 spiro atoms. The molecule has 1 aliphatic heterocycles. The summed E-state index contributed by atoms with van der Waals surface area (Å²) in [6.45, 7) is 4.36. The van der Waals surface area contributed by atoms with E-state index in [9.17, 15) is 14.3 Å². The number of unbranched alkanes of at least 4 members (excludes halogenated alkanes) is 1. The van der Waals surface area contributed by atoms with Gasteiger partial charge in [0.05, 0.1) is 5.56 Å². The lowest BCUT2D eigenvalue weighted by molar-refractivity contribution is 0.0736. The standard InChI is InChI=1S/C16H23FN2O2/c1-2-3-9-19(11-13-5-4-8-18-13)16(21)14-7-6-12(17)10-15(14)20/h6-7,10,13,18,20H,2-5,8-9,11H2,1H3. The number of nitrogens with zero attached hydrogens (tertiary/aromatic N) is 1. The van der Waals surface area contributed by atoms with Gasteiger partial charge in [0.15, 0.2) is 0 Å². The van der Waals surface area contributed by atoms with Crippen molar-refractivity contribution in [2.75, 3.05) is 19.6 Å². The van der Waals surface area contributed by atoms with Crippen molar-refractivity contribution in [1.82, 2.24) is 10.2 Å². The lowest BCUT2D eigenvalue weighted by atomic mass is 10.1. The Morgan fingerprint density at radius 2 is 2.33 bits per heavy atom. The van der Waals surface area contributed by atoms with Crippen molar-refractivity contribution in [1.29, 1.82) is 0 Å². The summed E-state index contributed by atoms with van der Waals surface area (Å²) in [6, 6.07) is 3.86. The molecule has 0 aliphatic carbocycles. The third-order valence-corrected chi connectivity index (χ3v) is 3.86. The summed E-state index contributed by atoms with van der Waals surface area (Å²) in [5.74, 6) is -1.06. The molecule has 2 rings (SSSR count). The van der Waals surface area contributed by atoms with Crippen LogP contribution in [0.25, 0.3) is 0 Å². The minimum absolute atomic E-state index is 0.172. The average molecular weight is 294 g/mol. The number of carbonyl (C=O) groups is 1. The number of rotatable bonds is 6. The van der Waals surface area contributed by atoms with E-state index in [0.717, 1.165) is 38.3 Å². The highest BCUT2D eigenvalue weighted by Crippen LogP contribution is 2.21. The summed E-state index contributed by atoms with van der Waals surface area (Å²) < 4.78 is 13.0. The quantitative estimate of drug-likeness (QED) is 0.847. The maximum absolute atomic E-state index is 13.0. The van der Waals surface area contributed by atoms with E-state index in [4.69, 9.17) is 0 Å². The first-order chi connectivity index (χ1) is 10.1. The van der Waals surface area contributed by atoms with Crippen LogP contribution in [0.15, 0.2) is 18.2 Å². The van der Waals surface area contributed by atoms with Gasteiger partial charge >= 0.3 is 0 Å². The molecular formula is C16H23FN2O2. The number of hydrogen-bond acceptors (Lipinski definition) is 3. The minimum atomic E-state index is -0.540. The molecule has 0 bridgehead atoms. The number of phenolic OH excluding ortho intramolecular Hbond substituents is 1. The predicted molar refractivity (Wildman–Crippen MR) is 79.9 cm³/mol. The molecule has 1 fully saturated rings. The Labute approximate surface area is 125 Å². The fraction of sp³-hybridized carbons (Fsp3) is 0.562. The second kappa shape index (κ2) is 7.41. The zero-order chi connectivity index (χ0) is 15.2. The average Bonchev–Trinajstić information content (AvgIpc) is 2.95.